The van der Waals surface area contributed by atoms with Crippen molar-refractivity contribution in [1.82, 2.24) is 4.98 Å². The lowest BCUT2D eigenvalue weighted by Gasteiger charge is -2.23. The van der Waals surface area contributed by atoms with Crippen molar-refractivity contribution in [3.63, 3.8) is 0 Å². The van der Waals surface area contributed by atoms with E-state index in [4.69, 9.17) is 32.9 Å². The Morgan fingerprint density at radius 3 is 2.75 bits per heavy atom. The number of hydrogen-bond donors (Lipinski definition) is 0. The molecule has 1 aliphatic rings. The van der Waals surface area contributed by atoms with E-state index in [9.17, 15) is 4.79 Å². The summed E-state index contributed by atoms with van der Waals surface area (Å²) in [4.78, 5) is 19.6. The Bertz CT molecular complexity index is 972. The first-order valence-electron chi connectivity index (χ1n) is 9.01. The van der Waals surface area contributed by atoms with Gasteiger partial charge in [0.25, 0.3) is 5.91 Å². The van der Waals surface area contributed by atoms with E-state index in [0.717, 1.165) is 30.7 Å². The van der Waals surface area contributed by atoms with Crippen LogP contribution in [0.15, 0.2) is 53.9 Å². The second kappa shape index (κ2) is 8.62. The lowest BCUT2D eigenvalue weighted by atomic mass is 10.1. The number of ether oxygens (including phenoxy) is 1. The molecule has 3 aromatic rings. The van der Waals surface area contributed by atoms with E-state index in [0.29, 0.717) is 27.3 Å². The van der Waals surface area contributed by atoms with Gasteiger partial charge >= 0.3 is 0 Å². The number of thiazole rings is 1. The number of amides is 1. The van der Waals surface area contributed by atoms with Crippen LogP contribution in [-0.2, 0) is 4.74 Å². The van der Waals surface area contributed by atoms with Gasteiger partial charge in [-0.25, -0.2) is 4.98 Å². The largest absolute Gasteiger partial charge is 0.376 e. The molecule has 1 aliphatic heterocycles. The van der Waals surface area contributed by atoms with Gasteiger partial charge in [-0.2, -0.15) is 0 Å². The fraction of sp³-hybridized carbons (Fsp3) is 0.238. The van der Waals surface area contributed by atoms with Crippen LogP contribution in [0.3, 0.4) is 0 Å². The Kier molecular flexibility index (Phi) is 5.97. The van der Waals surface area contributed by atoms with Crippen LogP contribution in [0.25, 0.3) is 11.3 Å². The van der Waals surface area contributed by atoms with Crippen molar-refractivity contribution in [2.75, 3.05) is 18.1 Å². The highest BCUT2D eigenvalue weighted by molar-refractivity contribution is 7.14. The monoisotopic (exact) mass is 432 g/mol. The van der Waals surface area contributed by atoms with Crippen molar-refractivity contribution in [2.45, 2.75) is 18.9 Å². The Morgan fingerprint density at radius 1 is 1.21 bits per heavy atom. The summed E-state index contributed by atoms with van der Waals surface area (Å²) in [6, 6.07) is 14.6. The lowest BCUT2D eigenvalue weighted by molar-refractivity contribution is 0.0917. The van der Waals surface area contributed by atoms with Crippen LogP contribution in [0, 0.1) is 0 Å². The number of hydrogen-bond acceptors (Lipinski definition) is 4. The van der Waals surface area contributed by atoms with Crippen LogP contribution in [0.1, 0.15) is 23.2 Å². The molecular formula is C21H18Cl2N2O2S. The summed E-state index contributed by atoms with van der Waals surface area (Å²) in [5.74, 6) is -0.0841. The van der Waals surface area contributed by atoms with Crippen molar-refractivity contribution in [3.8, 4) is 11.3 Å². The first kappa shape index (κ1) is 19.4. The number of anilines is 1. The van der Waals surface area contributed by atoms with E-state index in [1.807, 2.05) is 41.8 Å². The number of aromatic nitrogens is 1. The van der Waals surface area contributed by atoms with Gasteiger partial charge in [0.1, 0.15) is 0 Å². The minimum Gasteiger partial charge on any atom is -0.376 e. The number of carbonyl (C=O) groups excluding carboxylic acids is 1. The topological polar surface area (TPSA) is 42.4 Å². The van der Waals surface area contributed by atoms with E-state index < -0.39 is 0 Å². The van der Waals surface area contributed by atoms with Crippen molar-refractivity contribution in [2.24, 2.45) is 0 Å². The highest BCUT2D eigenvalue weighted by atomic mass is 35.5. The molecule has 1 amide bonds. The molecule has 2 aromatic carbocycles. The van der Waals surface area contributed by atoms with Crippen LogP contribution in [0.4, 0.5) is 5.13 Å². The molecule has 0 aliphatic carbocycles. The summed E-state index contributed by atoms with van der Waals surface area (Å²) in [5, 5.41) is 3.64. The lowest BCUT2D eigenvalue weighted by Crippen LogP contribution is -2.37. The van der Waals surface area contributed by atoms with Crippen LogP contribution in [-0.4, -0.2) is 30.1 Å². The number of benzene rings is 2. The summed E-state index contributed by atoms with van der Waals surface area (Å²) >= 11 is 13.7. The van der Waals surface area contributed by atoms with Gasteiger partial charge in [0.05, 0.1) is 23.4 Å². The maximum atomic E-state index is 13.2. The number of carbonyl (C=O) groups is 1. The van der Waals surface area contributed by atoms with Crippen LogP contribution in [0.2, 0.25) is 10.0 Å². The fourth-order valence-electron chi connectivity index (χ4n) is 3.19. The fourth-order valence-corrected chi connectivity index (χ4v) is 4.52. The van der Waals surface area contributed by atoms with Crippen molar-refractivity contribution >= 4 is 45.6 Å². The smallest absolute Gasteiger partial charge is 0.260 e. The molecule has 0 saturated carbocycles. The molecule has 0 radical (unpaired) electrons. The van der Waals surface area contributed by atoms with Gasteiger partial charge in [-0.05, 0) is 43.2 Å². The molecule has 0 bridgehead atoms. The Hall–Kier alpha value is -1.92. The maximum Gasteiger partial charge on any atom is 0.260 e. The molecule has 1 aromatic heterocycles. The molecule has 4 rings (SSSR count). The Labute approximate surface area is 177 Å². The molecule has 0 unspecified atom stereocenters. The van der Waals surface area contributed by atoms with Gasteiger partial charge in [0.2, 0.25) is 0 Å². The van der Waals surface area contributed by atoms with Crippen molar-refractivity contribution in [1.29, 1.82) is 0 Å². The quantitative estimate of drug-likeness (QED) is 0.500. The molecule has 28 heavy (non-hydrogen) atoms. The summed E-state index contributed by atoms with van der Waals surface area (Å²) in [7, 11) is 0. The molecule has 4 nitrogen and oxygen atoms in total. The second-order valence-electron chi connectivity index (χ2n) is 6.56. The van der Waals surface area contributed by atoms with Crippen molar-refractivity contribution in [3.05, 3.63) is 69.5 Å². The van der Waals surface area contributed by atoms with Gasteiger partial charge in [-0.15, -0.1) is 11.3 Å². The number of nitrogens with zero attached hydrogens (tertiary/aromatic N) is 2. The minimum atomic E-state index is -0.0841. The maximum absolute atomic E-state index is 13.2. The number of halogens is 2. The normalized spacial score (nSPS) is 16.3. The first-order chi connectivity index (χ1) is 13.6. The molecule has 1 saturated heterocycles. The molecule has 0 spiro atoms. The molecule has 2 heterocycles. The molecule has 144 valence electrons. The molecular weight excluding hydrogens is 415 g/mol. The highest BCUT2D eigenvalue weighted by Gasteiger charge is 2.27. The van der Waals surface area contributed by atoms with E-state index in [2.05, 4.69) is 0 Å². The van der Waals surface area contributed by atoms with Crippen LogP contribution in [0.5, 0.6) is 0 Å². The highest BCUT2D eigenvalue weighted by Crippen LogP contribution is 2.34. The zero-order valence-electron chi connectivity index (χ0n) is 15.0. The predicted octanol–water partition coefficient (Wildman–Crippen LogP) is 5.94. The van der Waals surface area contributed by atoms with Gasteiger partial charge < -0.3 is 4.74 Å². The Morgan fingerprint density at radius 2 is 2.04 bits per heavy atom. The average Bonchev–Trinajstić information content (AvgIpc) is 3.38. The van der Waals surface area contributed by atoms with Gasteiger partial charge in [0.15, 0.2) is 5.13 Å². The summed E-state index contributed by atoms with van der Waals surface area (Å²) in [5.41, 5.74) is 2.14. The predicted molar refractivity (Wildman–Crippen MR) is 115 cm³/mol. The SMILES string of the molecule is O=C(c1ccccc1)N(C[C@H]1CCCO1)c1nc(-c2ccc(Cl)cc2Cl)cs1. The molecule has 1 fully saturated rings. The van der Waals surface area contributed by atoms with Crippen LogP contribution < -0.4 is 4.90 Å². The first-order valence-corrected chi connectivity index (χ1v) is 10.6. The third-order valence-electron chi connectivity index (χ3n) is 4.61. The van der Waals surface area contributed by atoms with Gasteiger partial charge in [-0.1, -0.05) is 41.4 Å². The molecule has 1 atom stereocenters. The van der Waals surface area contributed by atoms with Crippen LogP contribution >= 0.6 is 34.5 Å². The van der Waals surface area contributed by atoms with E-state index in [-0.39, 0.29) is 12.0 Å². The average molecular weight is 433 g/mol. The second-order valence-corrected chi connectivity index (χ2v) is 8.24. The minimum absolute atomic E-state index is 0.0270. The Balaban J connectivity index is 1.66. The summed E-state index contributed by atoms with van der Waals surface area (Å²) in [6.45, 7) is 1.22. The number of rotatable bonds is 5. The summed E-state index contributed by atoms with van der Waals surface area (Å²) in [6.07, 6.45) is 1.99. The third kappa shape index (κ3) is 4.23. The standard InChI is InChI=1S/C21H18Cl2N2O2S/c22-15-8-9-17(18(23)11-15)19-13-28-21(24-19)25(12-16-7-4-10-27-16)20(26)14-5-2-1-3-6-14/h1-3,5-6,8-9,11,13,16H,4,7,10,12H2/t16-/m1/s1. The molecule has 7 heteroatoms. The zero-order chi connectivity index (χ0) is 19.5. The van der Waals surface area contributed by atoms with Gasteiger partial charge in [0, 0.05) is 28.1 Å². The molecule has 0 N–H and O–H groups in total. The van der Waals surface area contributed by atoms with Gasteiger partial charge in [-0.3, -0.25) is 9.69 Å². The summed E-state index contributed by atoms with van der Waals surface area (Å²) < 4.78 is 5.76. The van der Waals surface area contributed by atoms with E-state index >= 15 is 0 Å². The van der Waals surface area contributed by atoms with E-state index in [1.54, 1.807) is 17.0 Å². The van der Waals surface area contributed by atoms with Crippen molar-refractivity contribution < 1.29 is 9.53 Å². The third-order valence-corrected chi connectivity index (χ3v) is 6.02. The zero-order valence-corrected chi connectivity index (χ0v) is 17.3. The van der Waals surface area contributed by atoms with E-state index in [1.165, 1.54) is 11.3 Å².